The highest BCUT2D eigenvalue weighted by atomic mass is 35.5. The van der Waals surface area contributed by atoms with Crippen molar-refractivity contribution in [1.29, 1.82) is 0 Å². The Balaban J connectivity index is 1.66. The van der Waals surface area contributed by atoms with Gasteiger partial charge in [-0.1, -0.05) is 35.9 Å². The highest BCUT2D eigenvalue weighted by Crippen LogP contribution is 2.22. The second-order valence-electron chi connectivity index (χ2n) is 6.56. The number of benzene rings is 3. The molecule has 154 valence electrons. The van der Waals surface area contributed by atoms with Crippen molar-refractivity contribution in [3.05, 3.63) is 94.0 Å². The average Bonchev–Trinajstić information content (AvgIpc) is 2.75. The Labute approximate surface area is 180 Å². The molecule has 0 saturated carbocycles. The molecule has 0 aromatic heterocycles. The molecule has 3 rings (SSSR count). The largest absolute Gasteiger partial charge is 0.489 e. The van der Waals surface area contributed by atoms with E-state index in [4.69, 9.17) is 21.1 Å². The number of carbonyl (C=O) groups is 2. The van der Waals surface area contributed by atoms with Crippen molar-refractivity contribution in [3.63, 3.8) is 0 Å². The molecular formula is C24H22ClNO4. The first kappa shape index (κ1) is 21.4. The lowest BCUT2D eigenvalue weighted by Gasteiger charge is -2.12. The Bertz CT molecular complexity index is 1050. The van der Waals surface area contributed by atoms with E-state index in [2.05, 4.69) is 5.32 Å². The minimum atomic E-state index is -0.411. The van der Waals surface area contributed by atoms with E-state index in [1.807, 2.05) is 24.3 Å². The van der Waals surface area contributed by atoms with Crippen molar-refractivity contribution in [3.8, 4) is 5.75 Å². The number of ether oxygens (including phenoxy) is 2. The van der Waals surface area contributed by atoms with Gasteiger partial charge in [0.05, 0.1) is 12.2 Å². The Kier molecular flexibility index (Phi) is 7.09. The topological polar surface area (TPSA) is 64.6 Å². The summed E-state index contributed by atoms with van der Waals surface area (Å²) in [4.78, 5) is 24.7. The molecule has 0 saturated heterocycles. The number of hydrogen-bond donors (Lipinski definition) is 1. The molecule has 6 heteroatoms. The van der Waals surface area contributed by atoms with E-state index in [9.17, 15) is 9.59 Å². The molecule has 0 aliphatic heterocycles. The van der Waals surface area contributed by atoms with Crippen molar-refractivity contribution in [1.82, 2.24) is 0 Å². The summed E-state index contributed by atoms with van der Waals surface area (Å²) in [5, 5.41) is 3.49. The Hall–Kier alpha value is -3.31. The van der Waals surface area contributed by atoms with E-state index >= 15 is 0 Å². The van der Waals surface area contributed by atoms with Gasteiger partial charge >= 0.3 is 5.97 Å². The SMILES string of the molecule is CCOC(=O)c1cccc(NC(=O)c2ccc(OCc3ccccc3Cl)cc2)c1C. The maximum atomic E-state index is 12.6. The second kappa shape index (κ2) is 9.94. The van der Waals surface area contributed by atoms with Crippen LogP contribution in [0, 0.1) is 6.92 Å². The van der Waals surface area contributed by atoms with Gasteiger partial charge in [0.2, 0.25) is 0 Å². The van der Waals surface area contributed by atoms with Crippen LogP contribution in [0.2, 0.25) is 5.02 Å². The molecule has 0 aliphatic rings. The zero-order valence-corrected chi connectivity index (χ0v) is 17.5. The van der Waals surface area contributed by atoms with Crippen molar-refractivity contribution >= 4 is 29.2 Å². The van der Waals surface area contributed by atoms with Crippen LogP contribution in [-0.2, 0) is 11.3 Å². The standard InChI is InChI=1S/C24H22ClNO4/c1-3-29-24(28)20-8-6-10-22(16(20)2)26-23(27)17-11-13-19(14-12-17)30-15-18-7-4-5-9-21(18)25/h4-14H,3,15H2,1-2H3,(H,26,27). The number of carbonyl (C=O) groups excluding carboxylic acids is 2. The van der Waals surface area contributed by atoms with Crippen LogP contribution < -0.4 is 10.1 Å². The minimum absolute atomic E-state index is 0.281. The van der Waals surface area contributed by atoms with Gasteiger partial charge in [-0.05, 0) is 61.9 Å². The van der Waals surface area contributed by atoms with Gasteiger partial charge in [0.25, 0.3) is 5.91 Å². The maximum absolute atomic E-state index is 12.6. The third-order valence-electron chi connectivity index (χ3n) is 4.55. The first-order valence-electron chi connectivity index (χ1n) is 9.54. The summed E-state index contributed by atoms with van der Waals surface area (Å²) in [6.45, 7) is 4.15. The van der Waals surface area contributed by atoms with E-state index in [0.29, 0.717) is 46.4 Å². The molecule has 1 N–H and O–H groups in total. The molecular weight excluding hydrogens is 402 g/mol. The predicted molar refractivity (Wildman–Crippen MR) is 117 cm³/mol. The van der Waals surface area contributed by atoms with Gasteiger partial charge in [-0.15, -0.1) is 0 Å². The number of hydrogen-bond acceptors (Lipinski definition) is 4. The highest BCUT2D eigenvalue weighted by molar-refractivity contribution is 6.31. The molecule has 0 radical (unpaired) electrons. The monoisotopic (exact) mass is 423 g/mol. The highest BCUT2D eigenvalue weighted by Gasteiger charge is 2.15. The number of esters is 1. The third-order valence-corrected chi connectivity index (χ3v) is 4.91. The van der Waals surface area contributed by atoms with E-state index in [-0.39, 0.29) is 5.91 Å². The number of amides is 1. The summed E-state index contributed by atoms with van der Waals surface area (Å²) in [5.41, 5.74) is 3.01. The van der Waals surface area contributed by atoms with E-state index in [1.54, 1.807) is 56.3 Å². The molecule has 3 aromatic rings. The summed E-state index contributed by atoms with van der Waals surface area (Å²) in [6, 6.07) is 19.4. The lowest BCUT2D eigenvalue weighted by Crippen LogP contribution is -2.14. The Morgan fingerprint density at radius 2 is 1.70 bits per heavy atom. The quantitative estimate of drug-likeness (QED) is 0.498. The average molecular weight is 424 g/mol. The van der Waals surface area contributed by atoms with Crippen LogP contribution >= 0.6 is 11.6 Å². The zero-order chi connectivity index (χ0) is 21.5. The molecule has 30 heavy (non-hydrogen) atoms. The fourth-order valence-corrected chi connectivity index (χ4v) is 3.06. The van der Waals surface area contributed by atoms with Gasteiger partial charge in [0.15, 0.2) is 0 Å². The number of anilines is 1. The zero-order valence-electron chi connectivity index (χ0n) is 16.8. The lowest BCUT2D eigenvalue weighted by atomic mass is 10.1. The molecule has 0 heterocycles. The summed E-state index contributed by atoms with van der Waals surface area (Å²) in [6.07, 6.45) is 0. The van der Waals surface area contributed by atoms with Crippen molar-refractivity contribution < 1.29 is 19.1 Å². The summed E-state index contributed by atoms with van der Waals surface area (Å²) >= 11 is 6.13. The van der Waals surface area contributed by atoms with Crippen molar-refractivity contribution in [2.45, 2.75) is 20.5 Å². The second-order valence-corrected chi connectivity index (χ2v) is 6.96. The lowest BCUT2D eigenvalue weighted by molar-refractivity contribution is 0.0525. The van der Waals surface area contributed by atoms with Crippen LogP contribution in [0.4, 0.5) is 5.69 Å². The van der Waals surface area contributed by atoms with Crippen LogP contribution in [0.15, 0.2) is 66.7 Å². The van der Waals surface area contributed by atoms with E-state index in [0.717, 1.165) is 5.56 Å². The molecule has 0 atom stereocenters. The Morgan fingerprint density at radius 1 is 0.967 bits per heavy atom. The summed E-state index contributed by atoms with van der Waals surface area (Å²) < 4.78 is 10.8. The van der Waals surface area contributed by atoms with E-state index in [1.165, 1.54) is 0 Å². The van der Waals surface area contributed by atoms with Crippen molar-refractivity contribution in [2.24, 2.45) is 0 Å². The van der Waals surface area contributed by atoms with E-state index < -0.39 is 5.97 Å². The van der Waals surface area contributed by atoms with Gasteiger partial charge in [0.1, 0.15) is 12.4 Å². The molecule has 0 spiro atoms. The van der Waals surface area contributed by atoms with Crippen LogP contribution in [0.5, 0.6) is 5.75 Å². The first-order valence-corrected chi connectivity index (χ1v) is 9.91. The van der Waals surface area contributed by atoms with Crippen LogP contribution in [0.1, 0.15) is 38.8 Å². The van der Waals surface area contributed by atoms with Gasteiger partial charge < -0.3 is 14.8 Å². The fourth-order valence-electron chi connectivity index (χ4n) is 2.87. The van der Waals surface area contributed by atoms with Crippen LogP contribution in [0.3, 0.4) is 0 Å². The van der Waals surface area contributed by atoms with Crippen LogP contribution in [0.25, 0.3) is 0 Å². The smallest absolute Gasteiger partial charge is 0.338 e. The molecule has 0 unspecified atom stereocenters. The molecule has 0 fully saturated rings. The van der Waals surface area contributed by atoms with Crippen LogP contribution in [-0.4, -0.2) is 18.5 Å². The number of halogens is 1. The summed E-state index contributed by atoms with van der Waals surface area (Å²) in [7, 11) is 0. The molecule has 5 nitrogen and oxygen atoms in total. The summed E-state index contributed by atoms with van der Waals surface area (Å²) in [5.74, 6) is -0.0603. The first-order chi connectivity index (χ1) is 14.5. The third kappa shape index (κ3) is 5.19. The number of rotatable bonds is 7. The van der Waals surface area contributed by atoms with Gasteiger partial charge in [-0.3, -0.25) is 4.79 Å². The normalized spacial score (nSPS) is 10.4. The molecule has 3 aromatic carbocycles. The fraction of sp³-hybridized carbons (Fsp3) is 0.167. The number of nitrogens with one attached hydrogen (secondary N) is 1. The Morgan fingerprint density at radius 3 is 2.40 bits per heavy atom. The van der Waals surface area contributed by atoms with Gasteiger partial charge in [-0.2, -0.15) is 0 Å². The van der Waals surface area contributed by atoms with Crippen molar-refractivity contribution in [2.75, 3.05) is 11.9 Å². The maximum Gasteiger partial charge on any atom is 0.338 e. The molecule has 0 aliphatic carbocycles. The van der Waals surface area contributed by atoms with Gasteiger partial charge in [-0.25, -0.2) is 4.79 Å². The predicted octanol–water partition coefficient (Wildman–Crippen LogP) is 5.66. The molecule has 1 amide bonds. The minimum Gasteiger partial charge on any atom is -0.489 e. The van der Waals surface area contributed by atoms with Gasteiger partial charge in [0, 0.05) is 21.8 Å². The molecule has 0 bridgehead atoms.